The van der Waals surface area contributed by atoms with Crippen LogP contribution >= 0.6 is 0 Å². The standard InChI is InChI=1S/C18H18F2N2O2/c19-13-2-1-3-14(20)17(13)18(24)12-9-15(22-10-12)16(23)8-11-4-6-21-7-5-11/h1-3,9-11,21-22H,4-8H2. The highest BCUT2D eigenvalue weighted by atomic mass is 19.1. The summed E-state index contributed by atoms with van der Waals surface area (Å²) in [5, 5.41) is 3.24. The van der Waals surface area contributed by atoms with E-state index in [4.69, 9.17) is 0 Å². The van der Waals surface area contributed by atoms with E-state index in [1.165, 1.54) is 18.3 Å². The van der Waals surface area contributed by atoms with Crippen molar-refractivity contribution in [2.24, 2.45) is 5.92 Å². The molecule has 6 heteroatoms. The molecule has 1 aromatic carbocycles. The van der Waals surface area contributed by atoms with E-state index < -0.39 is 23.0 Å². The fourth-order valence-electron chi connectivity index (χ4n) is 3.00. The Labute approximate surface area is 138 Å². The van der Waals surface area contributed by atoms with Crippen LogP contribution in [0.3, 0.4) is 0 Å². The van der Waals surface area contributed by atoms with Crippen molar-refractivity contribution in [3.05, 3.63) is 58.9 Å². The number of nitrogens with one attached hydrogen (secondary N) is 2. The van der Waals surface area contributed by atoms with Crippen LogP contribution in [0, 0.1) is 17.6 Å². The number of hydrogen-bond acceptors (Lipinski definition) is 3. The molecule has 0 saturated carbocycles. The number of rotatable bonds is 5. The van der Waals surface area contributed by atoms with Crippen LogP contribution in [0.1, 0.15) is 45.7 Å². The summed E-state index contributed by atoms with van der Waals surface area (Å²) in [5.74, 6) is -2.37. The minimum absolute atomic E-state index is 0.0765. The monoisotopic (exact) mass is 332 g/mol. The van der Waals surface area contributed by atoms with Crippen molar-refractivity contribution in [2.75, 3.05) is 13.1 Å². The molecule has 2 heterocycles. The zero-order chi connectivity index (χ0) is 17.1. The summed E-state index contributed by atoms with van der Waals surface area (Å²) >= 11 is 0. The van der Waals surface area contributed by atoms with Gasteiger partial charge in [-0.15, -0.1) is 0 Å². The predicted octanol–water partition coefficient (Wildman–Crippen LogP) is 3.10. The maximum absolute atomic E-state index is 13.7. The number of Topliss-reactive ketones (excluding diaryl/α,β-unsaturated/α-hetero) is 1. The van der Waals surface area contributed by atoms with Crippen molar-refractivity contribution in [1.82, 2.24) is 10.3 Å². The SMILES string of the molecule is O=C(CC1CCNCC1)c1cc(C(=O)c2c(F)cccc2F)c[nH]1. The predicted molar refractivity (Wildman–Crippen MR) is 85.1 cm³/mol. The number of benzene rings is 1. The summed E-state index contributed by atoms with van der Waals surface area (Å²) in [6, 6.07) is 4.64. The lowest BCUT2D eigenvalue weighted by molar-refractivity contribution is 0.0948. The highest BCUT2D eigenvalue weighted by Gasteiger charge is 2.22. The summed E-state index contributed by atoms with van der Waals surface area (Å²) in [5.41, 5.74) is -0.227. The fraction of sp³-hybridized carbons (Fsp3) is 0.333. The van der Waals surface area contributed by atoms with Gasteiger partial charge < -0.3 is 10.3 Å². The average Bonchev–Trinajstić information content (AvgIpc) is 3.05. The Kier molecular flexibility index (Phi) is 4.85. The van der Waals surface area contributed by atoms with Crippen molar-refractivity contribution in [3.8, 4) is 0 Å². The molecule has 2 aromatic rings. The lowest BCUT2D eigenvalue weighted by Gasteiger charge is -2.21. The van der Waals surface area contributed by atoms with Gasteiger partial charge in [0.05, 0.1) is 11.3 Å². The van der Waals surface area contributed by atoms with Gasteiger partial charge in [-0.1, -0.05) is 6.07 Å². The van der Waals surface area contributed by atoms with E-state index in [2.05, 4.69) is 10.3 Å². The molecule has 0 bridgehead atoms. The third kappa shape index (κ3) is 3.43. The summed E-state index contributed by atoms with van der Waals surface area (Å²) in [6.45, 7) is 1.80. The third-order valence-electron chi connectivity index (χ3n) is 4.37. The van der Waals surface area contributed by atoms with Gasteiger partial charge in [-0.3, -0.25) is 9.59 Å². The van der Waals surface area contributed by atoms with E-state index >= 15 is 0 Å². The van der Waals surface area contributed by atoms with Gasteiger partial charge in [0.15, 0.2) is 11.6 Å². The molecule has 0 spiro atoms. The number of hydrogen-bond donors (Lipinski definition) is 2. The van der Waals surface area contributed by atoms with E-state index in [0.29, 0.717) is 18.0 Å². The normalized spacial score (nSPS) is 15.4. The van der Waals surface area contributed by atoms with Crippen molar-refractivity contribution in [2.45, 2.75) is 19.3 Å². The Morgan fingerprint density at radius 1 is 1.12 bits per heavy atom. The molecule has 0 atom stereocenters. The number of H-pyrrole nitrogens is 1. The van der Waals surface area contributed by atoms with Crippen LogP contribution in [-0.4, -0.2) is 29.6 Å². The number of aromatic amines is 1. The van der Waals surface area contributed by atoms with Crippen molar-refractivity contribution >= 4 is 11.6 Å². The van der Waals surface area contributed by atoms with Crippen LogP contribution in [0.4, 0.5) is 8.78 Å². The Bertz CT molecular complexity index is 744. The van der Waals surface area contributed by atoms with Crippen molar-refractivity contribution in [3.63, 3.8) is 0 Å². The second kappa shape index (κ2) is 7.05. The van der Waals surface area contributed by atoms with Crippen molar-refractivity contribution in [1.29, 1.82) is 0 Å². The first-order chi connectivity index (χ1) is 11.6. The van der Waals surface area contributed by atoms with Gasteiger partial charge in [-0.05, 0) is 50.0 Å². The van der Waals surface area contributed by atoms with E-state index in [0.717, 1.165) is 38.1 Å². The molecule has 1 aliphatic rings. The number of carbonyl (C=O) groups excluding carboxylic acids is 2. The number of ketones is 2. The molecule has 1 fully saturated rings. The Morgan fingerprint density at radius 3 is 2.46 bits per heavy atom. The molecule has 24 heavy (non-hydrogen) atoms. The topological polar surface area (TPSA) is 62.0 Å². The second-order valence-corrected chi connectivity index (χ2v) is 6.05. The lowest BCUT2D eigenvalue weighted by atomic mass is 9.92. The van der Waals surface area contributed by atoms with Gasteiger partial charge in [0, 0.05) is 18.2 Å². The molecule has 1 saturated heterocycles. The Hall–Kier alpha value is -2.34. The van der Waals surface area contributed by atoms with Crippen molar-refractivity contribution < 1.29 is 18.4 Å². The van der Waals surface area contributed by atoms with Crippen LogP contribution in [0.2, 0.25) is 0 Å². The van der Waals surface area contributed by atoms with E-state index in [9.17, 15) is 18.4 Å². The van der Waals surface area contributed by atoms with Gasteiger partial charge >= 0.3 is 0 Å². The number of halogens is 2. The van der Waals surface area contributed by atoms with Crippen LogP contribution in [-0.2, 0) is 0 Å². The quantitative estimate of drug-likeness (QED) is 0.827. The molecule has 4 nitrogen and oxygen atoms in total. The van der Waals surface area contributed by atoms with Crippen LogP contribution in [0.5, 0.6) is 0 Å². The maximum Gasteiger partial charge on any atom is 0.200 e. The van der Waals surface area contributed by atoms with E-state index in [-0.39, 0.29) is 11.3 Å². The van der Waals surface area contributed by atoms with E-state index in [1.807, 2.05) is 0 Å². The van der Waals surface area contributed by atoms with Gasteiger partial charge in [-0.2, -0.15) is 0 Å². The number of aromatic nitrogens is 1. The molecule has 1 aliphatic heterocycles. The first-order valence-corrected chi connectivity index (χ1v) is 7.97. The summed E-state index contributed by atoms with van der Waals surface area (Å²) in [4.78, 5) is 27.4. The van der Waals surface area contributed by atoms with E-state index in [1.54, 1.807) is 0 Å². The van der Waals surface area contributed by atoms with Gasteiger partial charge in [0.25, 0.3) is 0 Å². The van der Waals surface area contributed by atoms with Gasteiger partial charge in [0.2, 0.25) is 0 Å². The fourth-order valence-corrected chi connectivity index (χ4v) is 3.00. The zero-order valence-corrected chi connectivity index (χ0v) is 13.1. The number of carbonyl (C=O) groups is 2. The lowest BCUT2D eigenvalue weighted by Crippen LogP contribution is -2.28. The number of piperidine rings is 1. The molecule has 126 valence electrons. The zero-order valence-electron chi connectivity index (χ0n) is 13.1. The first-order valence-electron chi connectivity index (χ1n) is 7.97. The minimum atomic E-state index is -0.913. The molecule has 0 unspecified atom stereocenters. The Morgan fingerprint density at radius 2 is 1.79 bits per heavy atom. The summed E-state index contributed by atoms with van der Waals surface area (Å²) in [6.07, 6.45) is 3.62. The second-order valence-electron chi connectivity index (χ2n) is 6.05. The summed E-state index contributed by atoms with van der Waals surface area (Å²) < 4.78 is 27.4. The third-order valence-corrected chi connectivity index (χ3v) is 4.37. The smallest absolute Gasteiger partial charge is 0.200 e. The molecule has 1 aromatic heterocycles. The van der Waals surface area contributed by atoms with Crippen LogP contribution < -0.4 is 5.32 Å². The van der Waals surface area contributed by atoms with Gasteiger partial charge in [-0.25, -0.2) is 8.78 Å². The Balaban J connectivity index is 1.75. The molecular formula is C18H18F2N2O2. The largest absolute Gasteiger partial charge is 0.358 e. The molecule has 0 aliphatic carbocycles. The van der Waals surface area contributed by atoms with Crippen LogP contribution in [0.25, 0.3) is 0 Å². The highest BCUT2D eigenvalue weighted by Crippen LogP contribution is 2.21. The minimum Gasteiger partial charge on any atom is -0.358 e. The van der Waals surface area contributed by atoms with Gasteiger partial charge in [0.1, 0.15) is 11.6 Å². The molecule has 2 N–H and O–H groups in total. The molecule has 0 radical (unpaired) electrons. The first kappa shape index (κ1) is 16.5. The maximum atomic E-state index is 13.7. The van der Waals surface area contributed by atoms with Crippen LogP contribution in [0.15, 0.2) is 30.5 Å². The summed E-state index contributed by atoms with van der Waals surface area (Å²) in [7, 11) is 0. The average molecular weight is 332 g/mol. The molecule has 0 amide bonds. The molecular weight excluding hydrogens is 314 g/mol. The molecule has 3 rings (SSSR count). The highest BCUT2D eigenvalue weighted by molar-refractivity contribution is 6.10.